The Hall–Kier alpha value is -2.87. The first-order chi connectivity index (χ1) is 11.8. The molecule has 1 heterocycles. The summed E-state index contributed by atoms with van der Waals surface area (Å²) in [5, 5.41) is 21.6. The first kappa shape index (κ1) is 18.5. The van der Waals surface area contributed by atoms with Crippen molar-refractivity contribution in [2.24, 2.45) is 5.73 Å². The topological polar surface area (TPSA) is 135 Å². The van der Waals surface area contributed by atoms with E-state index >= 15 is 0 Å². The Labute approximate surface area is 144 Å². The maximum atomic E-state index is 11.9. The Morgan fingerprint density at radius 1 is 1.24 bits per heavy atom. The van der Waals surface area contributed by atoms with Gasteiger partial charge in [0.25, 0.3) is 0 Å². The van der Waals surface area contributed by atoms with Gasteiger partial charge in [-0.05, 0) is 31.4 Å². The molecule has 1 amide bonds. The number of carboxylic acids is 1. The lowest BCUT2D eigenvalue weighted by Gasteiger charge is -2.14. The molecule has 2 atom stereocenters. The van der Waals surface area contributed by atoms with E-state index in [1.807, 2.05) is 19.1 Å². The van der Waals surface area contributed by atoms with Gasteiger partial charge >= 0.3 is 12.1 Å². The first-order valence-corrected chi connectivity index (χ1v) is 7.89. The highest BCUT2D eigenvalue weighted by Crippen LogP contribution is 2.22. The number of nitrogens with zero attached hydrogens (tertiary/aromatic N) is 1. The van der Waals surface area contributed by atoms with Gasteiger partial charge in [0.1, 0.15) is 6.04 Å². The molecule has 0 spiro atoms. The lowest BCUT2D eigenvalue weighted by molar-refractivity contribution is -0.138. The number of nitrogens with one attached hydrogen (secondary N) is 1. The molecule has 0 radical (unpaired) electrons. The standard InChI is InChI=1S/C17H21N3O5/c1-10(19-15(21)7-6-13(18)16(22)23)8-11-9-20(17(24)25)14-5-3-2-4-12(11)14/h2-5,9-10,13H,6-8,18H2,1H3,(H,19,21)(H,22,23)(H,24,25)/t10-,13-/m1/s1. The van der Waals surface area contributed by atoms with Gasteiger partial charge in [0.05, 0.1) is 5.52 Å². The number of rotatable bonds is 7. The van der Waals surface area contributed by atoms with Gasteiger partial charge in [-0.3, -0.25) is 14.2 Å². The maximum Gasteiger partial charge on any atom is 0.416 e. The van der Waals surface area contributed by atoms with E-state index in [0.717, 1.165) is 15.5 Å². The van der Waals surface area contributed by atoms with Crippen molar-refractivity contribution < 1.29 is 24.6 Å². The molecule has 0 aliphatic heterocycles. The average molecular weight is 347 g/mol. The SMILES string of the molecule is C[C@H](Cc1cn(C(=O)O)c2ccccc12)NC(=O)CC[C@@H](N)C(=O)O. The minimum Gasteiger partial charge on any atom is -0.480 e. The van der Waals surface area contributed by atoms with Crippen LogP contribution in [-0.2, 0) is 16.0 Å². The number of carbonyl (C=O) groups is 3. The number of para-hydroxylation sites is 1. The van der Waals surface area contributed by atoms with Gasteiger partial charge in [-0.2, -0.15) is 0 Å². The largest absolute Gasteiger partial charge is 0.480 e. The zero-order valence-corrected chi connectivity index (χ0v) is 13.8. The van der Waals surface area contributed by atoms with E-state index in [0.29, 0.717) is 11.9 Å². The molecule has 0 unspecified atom stereocenters. The molecular weight excluding hydrogens is 326 g/mol. The van der Waals surface area contributed by atoms with Gasteiger partial charge in [-0.25, -0.2) is 4.79 Å². The second-order valence-electron chi connectivity index (χ2n) is 5.98. The lowest BCUT2D eigenvalue weighted by Crippen LogP contribution is -2.36. The predicted molar refractivity (Wildman–Crippen MR) is 91.5 cm³/mol. The molecule has 0 bridgehead atoms. The average Bonchev–Trinajstić information content (AvgIpc) is 2.91. The van der Waals surface area contributed by atoms with Crippen molar-refractivity contribution in [2.45, 2.75) is 38.3 Å². The molecule has 134 valence electrons. The minimum absolute atomic E-state index is 0.0225. The fourth-order valence-electron chi connectivity index (χ4n) is 2.71. The number of aromatic nitrogens is 1. The molecule has 5 N–H and O–H groups in total. The predicted octanol–water partition coefficient (Wildman–Crippen LogP) is 1.41. The zero-order chi connectivity index (χ0) is 18.6. The normalized spacial score (nSPS) is 13.4. The molecule has 0 saturated carbocycles. The molecule has 1 aromatic heterocycles. The van der Waals surface area contributed by atoms with Crippen molar-refractivity contribution in [1.82, 2.24) is 9.88 Å². The number of aliphatic carboxylic acids is 1. The van der Waals surface area contributed by atoms with Crippen LogP contribution >= 0.6 is 0 Å². The van der Waals surface area contributed by atoms with Gasteiger partial charge in [-0.1, -0.05) is 18.2 Å². The number of nitrogens with two attached hydrogens (primary N) is 1. The molecule has 1 aromatic carbocycles. The van der Waals surface area contributed by atoms with Crippen LogP contribution in [0.3, 0.4) is 0 Å². The Bertz CT molecular complexity index is 799. The van der Waals surface area contributed by atoms with E-state index in [9.17, 15) is 19.5 Å². The van der Waals surface area contributed by atoms with Gasteiger partial charge in [0, 0.05) is 24.0 Å². The van der Waals surface area contributed by atoms with Crippen LogP contribution in [0.1, 0.15) is 25.3 Å². The highest BCUT2D eigenvalue weighted by molar-refractivity contribution is 5.91. The summed E-state index contributed by atoms with van der Waals surface area (Å²) in [7, 11) is 0. The summed E-state index contributed by atoms with van der Waals surface area (Å²) in [6.07, 6.45) is 1.02. The van der Waals surface area contributed by atoms with E-state index in [-0.39, 0.29) is 24.8 Å². The van der Waals surface area contributed by atoms with Crippen molar-refractivity contribution in [3.63, 3.8) is 0 Å². The molecule has 25 heavy (non-hydrogen) atoms. The summed E-state index contributed by atoms with van der Waals surface area (Å²) in [6.45, 7) is 1.81. The number of hydrogen-bond acceptors (Lipinski definition) is 4. The molecular formula is C17H21N3O5. The third-order valence-corrected chi connectivity index (χ3v) is 3.93. The third-order valence-electron chi connectivity index (χ3n) is 3.93. The molecule has 2 rings (SSSR count). The number of carbonyl (C=O) groups excluding carboxylic acids is 1. The summed E-state index contributed by atoms with van der Waals surface area (Å²) in [5.74, 6) is -1.42. The summed E-state index contributed by atoms with van der Waals surface area (Å²) in [5.41, 5.74) is 6.78. The Morgan fingerprint density at radius 2 is 1.92 bits per heavy atom. The number of fused-ring (bicyclic) bond motifs is 1. The number of amides is 1. The van der Waals surface area contributed by atoms with E-state index < -0.39 is 18.1 Å². The van der Waals surface area contributed by atoms with Crippen LogP contribution in [0.2, 0.25) is 0 Å². The van der Waals surface area contributed by atoms with Crippen molar-refractivity contribution in [1.29, 1.82) is 0 Å². The number of benzene rings is 1. The smallest absolute Gasteiger partial charge is 0.416 e. The Kier molecular flexibility index (Phi) is 5.76. The summed E-state index contributed by atoms with van der Waals surface area (Å²) < 4.78 is 1.16. The third kappa shape index (κ3) is 4.57. The maximum absolute atomic E-state index is 11.9. The fourth-order valence-corrected chi connectivity index (χ4v) is 2.71. The lowest BCUT2D eigenvalue weighted by atomic mass is 10.1. The molecule has 0 aliphatic carbocycles. The van der Waals surface area contributed by atoms with Crippen LogP contribution in [0.15, 0.2) is 30.5 Å². The van der Waals surface area contributed by atoms with Crippen molar-refractivity contribution in [3.05, 3.63) is 36.0 Å². The quantitative estimate of drug-likeness (QED) is 0.598. The van der Waals surface area contributed by atoms with Crippen molar-refractivity contribution in [2.75, 3.05) is 0 Å². The van der Waals surface area contributed by atoms with Crippen LogP contribution in [-0.4, -0.2) is 44.8 Å². The molecule has 0 fully saturated rings. The van der Waals surface area contributed by atoms with E-state index in [1.165, 1.54) is 0 Å². The monoisotopic (exact) mass is 347 g/mol. The van der Waals surface area contributed by atoms with E-state index in [2.05, 4.69) is 5.32 Å². The highest BCUT2D eigenvalue weighted by Gasteiger charge is 2.17. The molecule has 8 nitrogen and oxygen atoms in total. The summed E-state index contributed by atoms with van der Waals surface area (Å²) >= 11 is 0. The summed E-state index contributed by atoms with van der Waals surface area (Å²) in [4.78, 5) is 33.9. The number of carboxylic acid groups (broad SMARTS) is 2. The number of hydrogen-bond donors (Lipinski definition) is 4. The second kappa shape index (κ2) is 7.80. The Morgan fingerprint density at radius 3 is 2.56 bits per heavy atom. The van der Waals surface area contributed by atoms with Crippen LogP contribution in [0.4, 0.5) is 4.79 Å². The van der Waals surface area contributed by atoms with E-state index in [4.69, 9.17) is 10.8 Å². The molecule has 2 aromatic rings. The fraction of sp³-hybridized carbons (Fsp3) is 0.353. The zero-order valence-electron chi connectivity index (χ0n) is 13.8. The molecule has 0 aliphatic rings. The minimum atomic E-state index is -1.14. The first-order valence-electron chi connectivity index (χ1n) is 7.89. The van der Waals surface area contributed by atoms with Crippen LogP contribution in [0, 0.1) is 0 Å². The van der Waals surface area contributed by atoms with Gasteiger partial charge in [0.2, 0.25) is 5.91 Å². The molecule has 0 saturated heterocycles. The van der Waals surface area contributed by atoms with Gasteiger partial charge < -0.3 is 21.3 Å². The van der Waals surface area contributed by atoms with Crippen LogP contribution < -0.4 is 11.1 Å². The highest BCUT2D eigenvalue weighted by atomic mass is 16.4. The second-order valence-corrected chi connectivity index (χ2v) is 5.98. The van der Waals surface area contributed by atoms with Crippen molar-refractivity contribution in [3.8, 4) is 0 Å². The van der Waals surface area contributed by atoms with Crippen molar-refractivity contribution >= 4 is 28.9 Å². The van der Waals surface area contributed by atoms with Gasteiger partial charge in [-0.15, -0.1) is 0 Å². The summed E-state index contributed by atoms with van der Waals surface area (Å²) in [6, 6.07) is 5.86. The van der Waals surface area contributed by atoms with Crippen LogP contribution in [0.5, 0.6) is 0 Å². The van der Waals surface area contributed by atoms with Crippen LogP contribution in [0.25, 0.3) is 10.9 Å². The van der Waals surface area contributed by atoms with E-state index in [1.54, 1.807) is 18.3 Å². The van der Waals surface area contributed by atoms with Gasteiger partial charge in [0.15, 0.2) is 0 Å². The Balaban J connectivity index is 2.02. The molecule has 8 heteroatoms.